The second kappa shape index (κ2) is 5.54. The highest BCUT2D eigenvalue weighted by Gasteiger charge is 2.23. The third kappa shape index (κ3) is 2.35. The Labute approximate surface area is 140 Å². The van der Waals surface area contributed by atoms with E-state index in [9.17, 15) is 4.79 Å². The van der Waals surface area contributed by atoms with Crippen LogP contribution in [0.25, 0.3) is 22.2 Å². The summed E-state index contributed by atoms with van der Waals surface area (Å²) in [4.78, 5) is 15.8. The van der Waals surface area contributed by atoms with Crippen LogP contribution in [0.1, 0.15) is 23.1 Å². The summed E-state index contributed by atoms with van der Waals surface area (Å²) in [5, 5.41) is 12.9. The molecule has 3 aromatic rings. The number of nitriles is 1. The van der Waals surface area contributed by atoms with E-state index < -0.39 is 0 Å². The zero-order valence-corrected chi connectivity index (χ0v) is 13.4. The van der Waals surface area contributed by atoms with Gasteiger partial charge in [0.1, 0.15) is 0 Å². The molecule has 1 aliphatic heterocycles. The number of aromatic nitrogens is 1. The van der Waals surface area contributed by atoms with Gasteiger partial charge in [0.05, 0.1) is 23.9 Å². The highest BCUT2D eigenvalue weighted by Crippen LogP contribution is 2.38. The lowest BCUT2D eigenvalue weighted by molar-refractivity contribution is -0.115. The summed E-state index contributed by atoms with van der Waals surface area (Å²) in [6, 6.07) is 14.4. The standard InChI is InChI=1S/C20H17N3O/c1-12-4-6-17-14(9-12)15-11-19(24)22-18-7-5-13(3-2-8-21)10-16(18)20(15)23-17/h4-7,9-10,23H,2-3,11H2,1H3,(H,22,24). The van der Waals surface area contributed by atoms with Gasteiger partial charge in [-0.15, -0.1) is 0 Å². The SMILES string of the molecule is Cc1ccc2[nH]c3c(c2c1)CC(=O)Nc1ccc(CCC#N)cc1-3. The lowest BCUT2D eigenvalue weighted by Crippen LogP contribution is -2.12. The van der Waals surface area contributed by atoms with Gasteiger partial charge < -0.3 is 10.3 Å². The fraction of sp³-hybridized carbons (Fsp3) is 0.200. The maximum atomic E-state index is 12.3. The van der Waals surface area contributed by atoms with E-state index in [0.717, 1.165) is 39.0 Å². The monoisotopic (exact) mass is 315 g/mol. The van der Waals surface area contributed by atoms with Crippen molar-refractivity contribution >= 4 is 22.5 Å². The van der Waals surface area contributed by atoms with Gasteiger partial charge in [0.15, 0.2) is 0 Å². The van der Waals surface area contributed by atoms with Gasteiger partial charge in [-0.2, -0.15) is 5.26 Å². The van der Waals surface area contributed by atoms with Crippen LogP contribution in [0.2, 0.25) is 0 Å². The molecule has 2 aromatic carbocycles. The summed E-state index contributed by atoms with van der Waals surface area (Å²) >= 11 is 0. The van der Waals surface area contributed by atoms with E-state index in [1.165, 1.54) is 5.56 Å². The van der Waals surface area contributed by atoms with Crippen LogP contribution in [0, 0.1) is 18.3 Å². The van der Waals surface area contributed by atoms with Crippen LogP contribution in [-0.4, -0.2) is 10.9 Å². The third-order valence-corrected chi connectivity index (χ3v) is 4.55. The molecule has 0 spiro atoms. The molecule has 0 aliphatic carbocycles. The number of hydrogen-bond donors (Lipinski definition) is 2. The number of amides is 1. The van der Waals surface area contributed by atoms with Gasteiger partial charge in [-0.3, -0.25) is 4.79 Å². The molecule has 0 unspecified atom stereocenters. The van der Waals surface area contributed by atoms with Crippen molar-refractivity contribution < 1.29 is 4.79 Å². The Balaban J connectivity index is 1.95. The number of nitrogens with one attached hydrogen (secondary N) is 2. The summed E-state index contributed by atoms with van der Waals surface area (Å²) < 4.78 is 0. The number of nitrogens with zero attached hydrogens (tertiary/aromatic N) is 1. The van der Waals surface area contributed by atoms with Crippen molar-refractivity contribution in [2.75, 3.05) is 5.32 Å². The molecule has 0 bridgehead atoms. The third-order valence-electron chi connectivity index (χ3n) is 4.55. The Morgan fingerprint density at radius 3 is 2.92 bits per heavy atom. The Kier molecular flexibility index (Phi) is 3.35. The molecule has 2 N–H and O–H groups in total. The highest BCUT2D eigenvalue weighted by atomic mass is 16.1. The molecule has 0 atom stereocenters. The molecule has 0 saturated heterocycles. The Hall–Kier alpha value is -3.06. The second-order valence-electron chi connectivity index (χ2n) is 6.29. The molecule has 1 aromatic heterocycles. The van der Waals surface area contributed by atoms with E-state index in [4.69, 9.17) is 5.26 Å². The molecule has 1 aliphatic rings. The van der Waals surface area contributed by atoms with Crippen LogP contribution in [0.3, 0.4) is 0 Å². The Bertz CT molecular complexity index is 1010. The van der Waals surface area contributed by atoms with Gasteiger partial charge in [-0.25, -0.2) is 0 Å². The summed E-state index contributed by atoms with van der Waals surface area (Å²) in [5.41, 5.74) is 7.20. The van der Waals surface area contributed by atoms with Gasteiger partial charge in [0.2, 0.25) is 5.91 Å². The van der Waals surface area contributed by atoms with E-state index in [1.54, 1.807) is 0 Å². The van der Waals surface area contributed by atoms with Gasteiger partial charge in [-0.05, 0) is 48.7 Å². The zero-order chi connectivity index (χ0) is 16.7. The predicted molar refractivity (Wildman–Crippen MR) is 94.7 cm³/mol. The molecule has 0 saturated carbocycles. The van der Waals surface area contributed by atoms with Gasteiger partial charge >= 0.3 is 0 Å². The minimum atomic E-state index is 0.00202. The smallest absolute Gasteiger partial charge is 0.228 e. The van der Waals surface area contributed by atoms with Crippen molar-refractivity contribution in [3.8, 4) is 17.3 Å². The van der Waals surface area contributed by atoms with Gasteiger partial charge in [0.25, 0.3) is 0 Å². The number of H-pyrrole nitrogens is 1. The van der Waals surface area contributed by atoms with E-state index >= 15 is 0 Å². The van der Waals surface area contributed by atoms with E-state index in [-0.39, 0.29) is 5.91 Å². The highest BCUT2D eigenvalue weighted by molar-refractivity contribution is 6.05. The number of benzene rings is 2. The predicted octanol–water partition coefficient (Wildman–Crippen LogP) is 4.09. The molecular weight excluding hydrogens is 298 g/mol. The first-order chi connectivity index (χ1) is 11.7. The van der Waals surface area contributed by atoms with Crippen LogP contribution in [-0.2, 0) is 17.6 Å². The number of rotatable bonds is 2. The summed E-state index contributed by atoms with van der Waals surface area (Å²) in [7, 11) is 0. The molecule has 118 valence electrons. The number of carbonyl (C=O) groups excluding carboxylic acids is 1. The Morgan fingerprint density at radius 2 is 2.08 bits per heavy atom. The molecule has 4 rings (SSSR count). The van der Waals surface area contributed by atoms with E-state index in [1.807, 2.05) is 12.1 Å². The van der Waals surface area contributed by atoms with Crippen LogP contribution in [0.15, 0.2) is 36.4 Å². The normalized spacial score (nSPS) is 12.9. The van der Waals surface area contributed by atoms with Crippen molar-refractivity contribution in [3.63, 3.8) is 0 Å². The van der Waals surface area contributed by atoms with Crippen LogP contribution in [0.5, 0.6) is 0 Å². The topological polar surface area (TPSA) is 68.7 Å². The number of aryl methyl sites for hydroxylation is 2. The van der Waals surface area contributed by atoms with Crippen molar-refractivity contribution in [3.05, 3.63) is 53.1 Å². The molecular formula is C20H17N3O. The summed E-state index contributed by atoms with van der Waals surface area (Å²) in [6.07, 6.45) is 1.57. The summed E-state index contributed by atoms with van der Waals surface area (Å²) in [5.74, 6) is 0.00202. The van der Waals surface area contributed by atoms with Crippen LogP contribution >= 0.6 is 0 Å². The lowest BCUT2D eigenvalue weighted by atomic mass is 9.99. The maximum Gasteiger partial charge on any atom is 0.228 e. The largest absolute Gasteiger partial charge is 0.354 e. The van der Waals surface area contributed by atoms with Crippen LogP contribution in [0.4, 0.5) is 5.69 Å². The van der Waals surface area contributed by atoms with Crippen molar-refractivity contribution in [1.82, 2.24) is 4.98 Å². The van der Waals surface area contributed by atoms with Gasteiger partial charge in [-0.1, -0.05) is 17.7 Å². The quantitative estimate of drug-likeness (QED) is 0.747. The number of fused-ring (bicyclic) bond motifs is 5. The fourth-order valence-corrected chi connectivity index (χ4v) is 3.39. The van der Waals surface area contributed by atoms with Crippen molar-refractivity contribution in [2.45, 2.75) is 26.2 Å². The first-order valence-corrected chi connectivity index (χ1v) is 8.07. The number of hydrogen-bond acceptors (Lipinski definition) is 2. The number of anilines is 1. The minimum Gasteiger partial charge on any atom is -0.354 e. The van der Waals surface area contributed by atoms with E-state index in [0.29, 0.717) is 19.3 Å². The second-order valence-corrected chi connectivity index (χ2v) is 6.29. The van der Waals surface area contributed by atoms with Gasteiger partial charge in [0, 0.05) is 22.9 Å². The molecule has 1 amide bonds. The fourth-order valence-electron chi connectivity index (χ4n) is 3.39. The Morgan fingerprint density at radius 1 is 1.21 bits per heavy atom. The first-order valence-electron chi connectivity index (χ1n) is 8.07. The zero-order valence-electron chi connectivity index (χ0n) is 13.4. The molecule has 24 heavy (non-hydrogen) atoms. The number of carbonyl (C=O) groups is 1. The lowest BCUT2D eigenvalue weighted by Gasteiger charge is -2.09. The average Bonchev–Trinajstić information content (AvgIpc) is 2.84. The molecule has 4 heteroatoms. The minimum absolute atomic E-state index is 0.00202. The van der Waals surface area contributed by atoms with Crippen molar-refractivity contribution in [1.29, 1.82) is 5.26 Å². The molecule has 0 radical (unpaired) electrons. The molecule has 0 fully saturated rings. The maximum absolute atomic E-state index is 12.3. The first kappa shape index (κ1) is 14.5. The molecule has 4 nitrogen and oxygen atoms in total. The average molecular weight is 315 g/mol. The van der Waals surface area contributed by atoms with Crippen LogP contribution < -0.4 is 5.32 Å². The number of aromatic amines is 1. The van der Waals surface area contributed by atoms with Crippen molar-refractivity contribution in [2.24, 2.45) is 0 Å². The van der Waals surface area contributed by atoms with E-state index in [2.05, 4.69) is 47.6 Å². The molecule has 2 heterocycles. The summed E-state index contributed by atoms with van der Waals surface area (Å²) in [6.45, 7) is 2.06.